The third-order valence-electron chi connectivity index (χ3n) is 5.88. The van der Waals surface area contributed by atoms with Crippen molar-refractivity contribution in [2.45, 2.75) is 52.0 Å². The van der Waals surface area contributed by atoms with Crippen molar-refractivity contribution in [3.63, 3.8) is 0 Å². The zero-order valence-electron chi connectivity index (χ0n) is 20.1. The van der Waals surface area contributed by atoms with E-state index in [1.807, 2.05) is 6.92 Å². The number of carbonyl (C=O) groups is 3. The Bertz CT molecular complexity index is 878. The van der Waals surface area contributed by atoms with Crippen LogP contribution in [-0.2, 0) is 23.9 Å². The van der Waals surface area contributed by atoms with Crippen LogP contribution < -0.4 is 5.32 Å². The van der Waals surface area contributed by atoms with Gasteiger partial charge in [-0.2, -0.15) is 0 Å². The van der Waals surface area contributed by atoms with E-state index < -0.39 is 48.2 Å². The molecule has 34 heavy (non-hydrogen) atoms. The Morgan fingerprint density at radius 2 is 1.97 bits per heavy atom. The van der Waals surface area contributed by atoms with Crippen molar-refractivity contribution in [3.8, 4) is 0 Å². The first kappa shape index (κ1) is 26.7. The van der Waals surface area contributed by atoms with E-state index in [9.17, 15) is 24.6 Å². The highest BCUT2D eigenvalue weighted by Crippen LogP contribution is 2.43. The van der Waals surface area contributed by atoms with Crippen molar-refractivity contribution in [1.29, 1.82) is 0 Å². The molecular weight excluding hydrogens is 482 g/mol. The molecule has 1 saturated heterocycles. The Kier molecular flexibility index (Phi) is 8.46. The molecule has 0 saturated carbocycles. The van der Waals surface area contributed by atoms with Crippen molar-refractivity contribution in [2.24, 2.45) is 22.2 Å². The summed E-state index contributed by atoms with van der Waals surface area (Å²) in [7, 11) is 0. The van der Waals surface area contributed by atoms with Crippen molar-refractivity contribution < 1.29 is 34.1 Å². The van der Waals surface area contributed by atoms with E-state index >= 15 is 0 Å². The summed E-state index contributed by atoms with van der Waals surface area (Å²) in [6.45, 7) is 10.2. The van der Waals surface area contributed by atoms with Crippen molar-refractivity contribution in [2.75, 3.05) is 32.2 Å². The van der Waals surface area contributed by atoms with Gasteiger partial charge in [0.25, 0.3) is 0 Å². The number of carbonyl (C=O) groups excluding carboxylic acids is 2. The van der Waals surface area contributed by atoms with E-state index in [4.69, 9.17) is 9.47 Å². The van der Waals surface area contributed by atoms with Crippen LogP contribution in [0.1, 0.15) is 34.6 Å². The number of rotatable bonds is 8. The van der Waals surface area contributed by atoms with Gasteiger partial charge in [-0.25, -0.2) is 4.79 Å². The molecule has 1 fully saturated rings. The molecule has 0 amide bonds. The molecule has 3 heterocycles. The Labute approximate surface area is 207 Å². The Morgan fingerprint density at radius 3 is 2.50 bits per heavy atom. The standard InChI is InChI=1S/C22H33N3O7S2/c1-11-15(14(12(2)26)18(27)28)24-16(19(29)31-10-32-20(30)22(3,4)5)17(11)34-13-8-25(9-13)21-23-6-7-33-21/h11-15,24,26H,6-10H2,1-5H3,(H,27,28)/t11-,12-,14-,15-/m1/s1. The topological polar surface area (TPSA) is 138 Å². The van der Waals surface area contributed by atoms with Crippen molar-refractivity contribution in [1.82, 2.24) is 10.2 Å². The number of nitrogens with zero attached hydrogens (tertiary/aromatic N) is 2. The lowest BCUT2D eigenvalue weighted by molar-refractivity contribution is -0.171. The third kappa shape index (κ3) is 6.01. The maximum atomic E-state index is 12.9. The zero-order valence-corrected chi connectivity index (χ0v) is 21.7. The number of esters is 2. The fraction of sp³-hybridized carbons (Fsp3) is 0.727. The van der Waals surface area contributed by atoms with Gasteiger partial charge in [0.15, 0.2) is 5.17 Å². The SMILES string of the molecule is C[C@@H](O)[C@@H](C(=O)O)[C@@H]1NC(C(=O)OCOC(=O)C(C)(C)C)=C(SC2CN(C3=NCCS3)C2)[C@@H]1C. The minimum atomic E-state index is -1.15. The first-order valence-electron chi connectivity index (χ1n) is 11.2. The predicted octanol–water partition coefficient (Wildman–Crippen LogP) is 1.50. The Morgan fingerprint density at radius 1 is 1.29 bits per heavy atom. The quantitative estimate of drug-likeness (QED) is 0.320. The minimum Gasteiger partial charge on any atom is -0.481 e. The van der Waals surface area contributed by atoms with Crippen LogP contribution in [0.3, 0.4) is 0 Å². The van der Waals surface area contributed by atoms with Gasteiger partial charge >= 0.3 is 17.9 Å². The van der Waals surface area contributed by atoms with E-state index in [-0.39, 0.29) is 16.9 Å². The molecule has 3 N–H and O–H groups in total. The summed E-state index contributed by atoms with van der Waals surface area (Å²) in [5.41, 5.74) is -0.575. The molecule has 0 aromatic rings. The first-order chi connectivity index (χ1) is 15.9. The summed E-state index contributed by atoms with van der Waals surface area (Å²) in [5, 5.41) is 24.0. The predicted molar refractivity (Wildman–Crippen MR) is 130 cm³/mol. The van der Waals surface area contributed by atoms with E-state index in [1.165, 1.54) is 18.7 Å². The molecule has 0 spiro atoms. The molecule has 0 aromatic heterocycles. The maximum absolute atomic E-state index is 12.9. The Balaban J connectivity index is 1.71. The number of carboxylic acids is 1. The number of aliphatic hydroxyl groups is 1. The lowest BCUT2D eigenvalue weighted by Gasteiger charge is -2.40. The van der Waals surface area contributed by atoms with Crippen LogP contribution in [-0.4, -0.2) is 87.8 Å². The number of aliphatic hydroxyl groups excluding tert-OH is 1. The molecular formula is C22H33N3O7S2. The largest absolute Gasteiger partial charge is 0.481 e. The van der Waals surface area contributed by atoms with E-state index in [2.05, 4.69) is 15.2 Å². The van der Waals surface area contributed by atoms with Crippen LogP contribution in [0.15, 0.2) is 15.6 Å². The van der Waals surface area contributed by atoms with E-state index in [0.717, 1.165) is 30.6 Å². The number of aliphatic imine (C=N–C) groups is 1. The van der Waals surface area contributed by atoms with Crippen LogP contribution in [0.25, 0.3) is 0 Å². The molecule has 0 unspecified atom stereocenters. The van der Waals surface area contributed by atoms with Gasteiger partial charge in [0.05, 0.1) is 18.1 Å². The summed E-state index contributed by atoms with van der Waals surface area (Å²) in [4.78, 5) is 44.1. The maximum Gasteiger partial charge on any atom is 0.358 e. The molecule has 0 aromatic carbocycles. The molecule has 0 radical (unpaired) electrons. The normalized spacial score (nSPS) is 24.8. The first-order valence-corrected chi connectivity index (χ1v) is 13.1. The average molecular weight is 516 g/mol. The molecule has 3 aliphatic heterocycles. The summed E-state index contributed by atoms with van der Waals surface area (Å²) >= 11 is 3.25. The van der Waals surface area contributed by atoms with Crippen LogP contribution in [0.4, 0.5) is 0 Å². The zero-order chi connectivity index (χ0) is 25.2. The number of hydrogen-bond donors (Lipinski definition) is 3. The number of aliphatic carboxylic acids is 1. The number of amidine groups is 1. The van der Waals surface area contributed by atoms with Gasteiger partial charge < -0.3 is 29.9 Å². The van der Waals surface area contributed by atoms with Gasteiger partial charge in [-0.15, -0.1) is 11.8 Å². The highest BCUT2D eigenvalue weighted by atomic mass is 32.2. The highest BCUT2D eigenvalue weighted by Gasteiger charge is 2.46. The summed E-state index contributed by atoms with van der Waals surface area (Å²) in [6.07, 6.45) is -1.12. The minimum absolute atomic E-state index is 0.159. The summed E-state index contributed by atoms with van der Waals surface area (Å²) in [6, 6.07) is -0.689. The van der Waals surface area contributed by atoms with Crippen LogP contribution >= 0.6 is 23.5 Å². The smallest absolute Gasteiger partial charge is 0.358 e. The average Bonchev–Trinajstić information content (AvgIpc) is 3.32. The van der Waals surface area contributed by atoms with Gasteiger partial charge in [-0.1, -0.05) is 18.7 Å². The molecule has 0 bridgehead atoms. The number of hydrogen-bond acceptors (Lipinski definition) is 11. The van der Waals surface area contributed by atoms with Crippen LogP contribution in [0, 0.1) is 17.3 Å². The lowest BCUT2D eigenvalue weighted by atomic mass is 9.87. The van der Waals surface area contributed by atoms with E-state index in [1.54, 1.807) is 32.5 Å². The van der Waals surface area contributed by atoms with Crippen molar-refractivity contribution >= 4 is 46.6 Å². The third-order valence-corrected chi connectivity index (χ3v) is 8.37. The lowest BCUT2D eigenvalue weighted by Crippen LogP contribution is -2.51. The molecule has 190 valence electrons. The second-order valence-corrected chi connectivity index (χ2v) is 12.1. The summed E-state index contributed by atoms with van der Waals surface area (Å²) < 4.78 is 10.2. The molecule has 10 nitrogen and oxygen atoms in total. The molecule has 0 aliphatic carbocycles. The van der Waals surface area contributed by atoms with Gasteiger partial charge in [-0.3, -0.25) is 14.6 Å². The number of thioether (sulfide) groups is 2. The Hall–Kier alpha value is -1.92. The fourth-order valence-corrected chi connectivity index (χ4v) is 6.30. The molecule has 12 heteroatoms. The van der Waals surface area contributed by atoms with E-state index in [0.29, 0.717) is 4.91 Å². The second kappa shape index (κ2) is 10.8. The molecule has 4 atom stereocenters. The highest BCUT2D eigenvalue weighted by molar-refractivity contribution is 8.14. The number of carboxylic acid groups (broad SMARTS) is 1. The van der Waals surface area contributed by atoms with Crippen LogP contribution in [0.5, 0.6) is 0 Å². The fourth-order valence-electron chi connectivity index (χ4n) is 3.93. The monoisotopic (exact) mass is 515 g/mol. The number of likely N-dealkylation sites (tertiary alicyclic amines) is 1. The van der Waals surface area contributed by atoms with Crippen LogP contribution in [0.2, 0.25) is 0 Å². The van der Waals surface area contributed by atoms with Gasteiger partial charge in [-0.05, 0) is 27.7 Å². The van der Waals surface area contributed by atoms with Gasteiger partial charge in [0, 0.05) is 41.0 Å². The van der Waals surface area contributed by atoms with Crippen molar-refractivity contribution in [3.05, 3.63) is 10.6 Å². The molecule has 3 aliphatic rings. The summed E-state index contributed by atoms with van der Waals surface area (Å²) in [5.74, 6) is -2.84. The number of ether oxygens (including phenoxy) is 2. The molecule has 3 rings (SSSR count). The number of nitrogens with one attached hydrogen (secondary N) is 1. The van der Waals surface area contributed by atoms with Gasteiger partial charge in [0.1, 0.15) is 11.6 Å². The second-order valence-electron chi connectivity index (χ2n) is 9.69. The van der Waals surface area contributed by atoms with Gasteiger partial charge in [0.2, 0.25) is 6.79 Å².